The second-order valence-electron chi connectivity index (χ2n) is 4.09. The molecule has 0 bridgehead atoms. The monoisotopic (exact) mass is 347 g/mol. The van der Waals surface area contributed by atoms with Crippen LogP contribution in [0.1, 0.15) is 6.92 Å². The molecule has 19 heavy (non-hydrogen) atoms. The summed E-state index contributed by atoms with van der Waals surface area (Å²) in [5, 5.41) is 0.597. The van der Waals surface area contributed by atoms with E-state index in [2.05, 4.69) is 15.9 Å². The Morgan fingerprint density at radius 3 is 2.79 bits per heavy atom. The minimum Gasteiger partial charge on any atom is -0.351 e. The Labute approximate surface area is 123 Å². The van der Waals surface area contributed by atoms with E-state index < -0.39 is 11.8 Å². The number of halogens is 3. The molecule has 7 heteroatoms. The molecule has 1 heterocycles. The van der Waals surface area contributed by atoms with E-state index in [9.17, 15) is 9.18 Å². The van der Waals surface area contributed by atoms with E-state index in [4.69, 9.17) is 17.3 Å². The van der Waals surface area contributed by atoms with Crippen LogP contribution in [0, 0.1) is 5.82 Å². The maximum Gasteiger partial charge on any atom is 0.319 e. The molecule has 0 aliphatic carbocycles. The number of benzene rings is 1. The Kier molecular flexibility index (Phi) is 3.73. The SMILES string of the molecule is CCN(C(N)=O)c1cn(C)c2cc(Cl)c(F)c(Br)c12. The van der Waals surface area contributed by atoms with Gasteiger partial charge in [0.25, 0.3) is 0 Å². The average molecular weight is 349 g/mol. The van der Waals surface area contributed by atoms with Gasteiger partial charge >= 0.3 is 6.03 Å². The van der Waals surface area contributed by atoms with Crippen LogP contribution < -0.4 is 10.6 Å². The van der Waals surface area contributed by atoms with E-state index in [0.717, 1.165) is 0 Å². The zero-order chi connectivity index (χ0) is 14.3. The maximum atomic E-state index is 13.9. The summed E-state index contributed by atoms with van der Waals surface area (Å²) >= 11 is 9.02. The molecule has 0 spiro atoms. The Hall–Kier alpha value is -1.27. The first-order valence-electron chi connectivity index (χ1n) is 5.58. The molecule has 2 aromatic rings. The summed E-state index contributed by atoms with van der Waals surface area (Å²) in [6.07, 6.45) is 1.72. The van der Waals surface area contributed by atoms with Crippen LogP contribution in [-0.4, -0.2) is 17.1 Å². The number of amides is 2. The molecule has 2 N–H and O–H groups in total. The van der Waals surface area contributed by atoms with Crippen molar-refractivity contribution in [2.45, 2.75) is 6.92 Å². The molecule has 2 amide bonds. The summed E-state index contributed by atoms with van der Waals surface area (Å²) in [7, 11) is 1.79. The molecule has 0 saturated carbocycles. The molecule has 0 saturated heterocycles. The van der Waals surface area contributed by atoms with Crippen molar-refractivity contribution in [2.75, 3.05) is 11.4 Å². The number of aryl methyl sites for hydroxylation is 1. The van der Waals surface area contributed by atoms with Gasteiger partial charge in [0.15, 0.2) is 5.82 Å². The molecular weight excluding hydrogens is 337 g/mol. The predicted octanol–water partition coefficient (Wildman–Crippen LogP) is 3.64. The van der Waals surface area contributed by atoms with Crippen LogP contribution in [0.15, 0.2) is 16.7 Å². The van der Waals surface area contributed by atoms with Gasteiger partial charge in [-0.25, -0.2) is 9.18 Å². The van der Waals surface area contributed by atoms with Crippen molar-refractivity contribution in [3.63, 3.8) is 0 Å². The normalized spacial score (nSPS) is 11.0. The summed E-state index contributed by atoms with van der Waals surface area (Å²) in [6, 6.07) is 0.937. The minimum absolute atomic E-state index is 0.0225. The average Bonchev–Trinajstić information content (AvgIpc) is 2.64. The van der Waals surface area contributed by atoms with Crippen LogP contribution in [-0.2, 0) is 7.05 Å². The highest BCUT2D eigenvalue weighted by Gasteiger charge is 2.21. The third-order valence-electron chi connectivity index (χ3n) is 2.97. The van der Waals surface area contributed by atoms with Crippen LogP contribution in [0.4, 0.5) is 14.9 Å². The van der Waals surface area contributed by atoms with Gasteiger partial charge in [-0.2, -0.15) is 0 Å². The standard InChI is InChI=1S/C12H12BrClFN3O/c1-3-18(12(16)19)8-5-17(2)7-4-6(14)11(15)10(13)9(7)8/h4-5H,3H2,1-2H3,(H2,16,19). The fourth-order valence-corrected chi connectivity index (χ4v) is 3.00. The number of hydrogen-bond donors (Lipinski definition) is 1. The number of primary amides is 1. The summed E-state index contributed by atoms with van der Waals surface area (Å²) in [5.74, 6) is -0.554. The number of hydrogen-bond acceptors (Lipinski definition) is 1. The first kappa shape index (κ1) is 14.1. The molecule has 4 nitrogen and oxygen atoms in total. The highest BCUT2D eigenvalue weighted by Crippen LogP contribution is 2.39. The molecule has 0 radical (unpaired) electrons. The van der Waals surface area contributed by atoms with Gasteiger partial charge in [-0.15, -0.1) is 0 Å². The Morgan fingerprint density at radius 2 is 2.26 bits per heavy atom. The smallest absolute Gasteiger partial charge is 0.319 e. The Morgan fingerprint density at radius 1 is 1.63 bits per heavy atom. The van der Waals surface area contributed by atoms with Crippen molar-refractivity contribution in [1.29, 1.82) is 0 Å². The van der Waals surface area contributed by atoms with Crippen LogP contribution in [0.3, 0.4) is 0 Å². The van der Waals surface area contributed by atoms with E-state index in [1.54, 1.807) is 24.7 Å². The van der Waals surface area contributed by atoms with E-state index in [-0.39, 0.29) is 9.50 Å². The first-order valence-corrected chi connectivity index (χ1v) is 6.75. The van der Waals surface area contributed by atoms with Crippen LogP contribution in [0.2, 0.25) is 5.02 Å². The van der Waals surface area contributed by atoms with Gasteiger partial charge in [-0.05, 0) is 28.9 Å². The molecule has 0 aliphatic rings. The van der Waals surface area contributed by atoms with Crippen LogP contribution >= 0.6 is 27.5 Å². The van der Waals surface area contributed by atoms with Crippen molar-refractivity contribution >= 4 is 50.2 Å². The minimum atomic E-state index is -0.586. The third kappa shape index (κ3) is 2.19. The zero-order valence-electron chi connectivity index (χ0n) is 10.4. The molecule has 1 aromatic carbocycles. The van der Waals surface area contributed by atoms with Gasteiger partial charge in [0.05, 0.1) is 20.7 Å². The lowest BCUT2D eigenvalue weighted by Crippen LogP contribution is -2.35. The van der Waals surface area contributed by atoms with Crippen LogP contribution in [0.25, 0.3) is 10.9 Å². The summed E-state index contributed by atoms with van der Waals surface area (Å²) < 4.78 is 15.9. The third-order valence-corrected chi connectivity index (χ3v) is 3.99. The van der Waals surface area contributed by atoms with Gasteiger partial charge < -0.3 is 10.3 Å². The molecule has 0 unspecified atom stereocenters. The molecule has 0 atom stereocenters. The number of fused-ring (bicyclic) bond motifs is 1. The topological polar surface area (TPSA) is 51.3 Å². The van der Waals surface area contributed by atoms with E-state index >= 15 is 0 Å². The molecule has 2 rings (SSSR count). The molecule has 0 fully saturated rings. The second kappa shape index (κ2) is 5.02. The van der Waals surface area contributed by atoms with Gasteiger partial charge in [-0.1, -0.05) is 11.6 Å². The van der Waals surface area contributed by atoms with Crippen molar-refractivity contribution in [1.82, 2.24) is 4.57 Å². The first-order chi connectivity index (χ1) is 8.88. The summed E-state index contributed by atoms with van der Waals surface area (Å²) in [5.41, 5.74) is 6.61. The number of carbonyl (C=O) groups excluding carboxylic acids is 1. The number of anilines is 1. The van der Waals surface area contributed by atoms with Crippen molar-refractivity contribution < 1.29 is 9.18 Å². The fraction of sp³-hybridized carbons (Fsp3) is 0.250. The number of rotatable bonds is 2. The van der Waals surface area contributed by atoms with Crippen LogP contribution in [0.5, 0.6) is 0 Å². The number of nitrogens with two attached hydrogens (primary N) is 1. The number of nitrogens with zero attached hydrogens (tertiary/aromatic N) is 2. The predicted molar refractivity (Wildman–Crippen MR) is 78.2 cm³/mol. The number of aromatic nitrogens is 1. The molecule has 0 aliphatic heterocycles. The van der Waals surface area contributed by atoms with Crippen molar-refractivity contribution in [2.24, 2.45) is 12.8 Å². The largest absolute Gasteiger partial charge is 0.351 e. The lowest BCUT2D eigenvalue weighted by Gasteiger charge is -2.17. The summed E-state index contributed by atoms with van der Waals surface area (Å²) in [4.78, 5) is 12.8. The second-order valence-corrected chi connectivity index (χ2v) is 5.29. The van der Waals surface area contributed by atoms with E-state index in [1.807, 2.05) is 0 Å². The van der Waals surface area contributed by atoms with E-state index in [1.165, 1.54) is 11.0 Å². The van der Waals surface area contributed by atoms with Crippen molar-refractivity contribution in [3.8, 4) is 0 Å². The van der Waals surface area contributed by atoms with Gasteiger partial charge in [0.1, 0.15) is 0 Å². The summed E-state index contributed by atoms with van der Waals surface area (Å²) in [6.45, 7) is 2.19. The molecule has 102 valence electrons. The molecular formula is C12H12BrClFN3O. The van der Waals surface area contributed by atoms with Crippen molar-refractivity contribution in [3.05, 3.63) is 27.6 Å². The highest BCUT2D eigenvalue weighted by molar-refractivity contribution is 9.10. The maximum absolute atomic E-state index is 13.9. The Bertz CT molecular complexity index is 671. The van der Waals surface area contributed by atoms with Gasteiger partial charge in [0, 0.05) is 25.2 Å². The quantitative estimate of drug-likeness (QED) is 0.828. The number of carbonyl (C=O) groups is 1. The zero-order valence-corrected chi connectivity index (χ0v) is 12.7. The Balaban J connectivity index is 2.84. The highest BCUT2D eigenvalue weighted by atomic mass is 79.9. The lowest BCUT2D eigenvalue weighted by atomic mass is 10.2. The lowest BCUT2D eigenvalue weighted by molar-refractivity contribution is 0.254. The van der Waals surface area contributed by atoms with E-state index in [0.29, 0.717) is 23.1 Å². The van der Waals surface area contributed by atoms with Gasteiger partial charge in [0.2, 0.25) is 0 Å². The fourth-order valence-electron chi connectivity index (χ4n) is 2.07. The van der Waals surface area contributed by atoms with Gasteiger partial charge in [-0.3, -0.25) is 4.90 Å². The molecule has 1 aromatic heterocycles. The number of urea groups is 1.